The van der Waals surface area contributed by atoms with Crippen LogP contribution in [0.5, 0.6) is 0 Å². The fourth-order valence-corrected chi connectivity index (χ4v) is 2.47. The number of amides is 1. The highest BCUT2D eigenvalue weighted by atomic mass is 16.5. The Morgan fingerprint density at radius 3 is 2.85 bits per heavy atom. The van der Waals surface area contributed by atoms with E-state index in [1.54, 1.807) is 10.9 Å². The molecular formula is C13H19N3O4. The molecule has 1 fully saturated rings. The number of aryl methyl sites for hydroxylation is 2. The zero-order valence-corrected chi connectivity index (χ0v) is 11.7. The summed E-state index contributed by atoms with van der Waals surface area (Å²) in [5.41, 5.74) is 0.968. The molecule has 2 unspecified atom stereocenters. The molecule has 0 bridgehead atoms. The molecule has 1 aromatic rings. The fourth-order valence-electron chi connectivity index (χ4n) is 2.47. The van der Waals surface area contributed by atoms with Gasteiger partial charge in [-0.2, -0.15) is 5.10 Å². The van der Waals surface area contributed by atoms with Crippen molar-refractivity contribution in [1.29, 1.82) is 0 Å². The third kappa shape index (κ3) is 3.16. The van der Waals surface area contributed by atoms with Crippen molar-refractivity contribution in [1.82, 2.24) is 14.7 Å². The second-order valence-electron chi connectivity index (χ2n) is 5.02. The Hall–Kier alpha value is -1.89. The number of nitrogens with zero attached hydrogens (tertiary/aromatic N) is 3. The molecule has 7 heteroatoms. The summed E-state index contributed by atoms with van der Waals surface area (Å²) < 4.78 is 6.84. The summed E-state index contributed by atoms with van der Waals surface area (Å²) in [6.45, 7) is 0.347. The Morgan fingerprint density at radius 2 is 2.30 bits per heavy atom. The van der Waals surface area contributed by atoms with Gasteiger partial charge in [-0.25, -0.2) is 4.79 Å². The normalized spacial score (nSPS) is 22.2. The van der Waals surface area contributed by atoms with Crippen molar-refractivity contribution in [2.24, 2.45) is 7.05 Å². The molecule has 0 aliphatic carbocycles. The van der Waals surface area contributed by atoms with Crippen LogP contribution in [0.25, 0.3) is 0 Å². The van der Waals surface area contributed by atoms with Gasteiger partial charge < -0.3 is 14.7 Å². The molecule has 1 N–H and O–H groups in total. The maximum absolute atomic E-state index is 12.2. The predicted octanol–water partition coefficient (Wildman–Crippen LogP) is 0.0532. The van der Waals surface area contributed by atoms with Crippen LogP contribution in [0.1, 0.15) is 18.4 Å². The van der Waals surface area contributed by atoms with Crippen LogP contribution in [-0.4, -0.2) is 57.5 Å². The van der Waals surface area contributed by atoms with E-state index in [0.29, 0.717) is 19.4 Å². The quantitative estimate of drug-likeness (QED) is 0.824. The summed E-state index contributed by atoms with van der Waals surface area (Å²) in [7, 11) is 3.35. The van der Waals surface area contributed by atoms with E-state index < -0.39 is 12.0 Å². The maximum atomic E-state index is 12.2. The largest absolute Gasteiger partial charge is 0.480 e. The zero-order valence-electron chi connectivity index (χ0n) is 11.7. The summed E-state index contributed by atoms with van der Waals surface area (Å²) in [5, 5.41) is 13.2. The summed E-state index contributed by atoms with van der Waals surface area (Å²) in [6.07, 6.45) is 4.57. The lowest BCUT2D eigenvalue weighted by Gasteiger charge is -2.21. The lowest BCUT2D eigenvalue weighted by atomic mass is 10.1. The Bertz CT molecular complexity index is 500. The Morgan fingerprint density at radius 1 is 1.55 bits per heavy atom. The smallest absolute Gasteiger partial charge is 0.326 e. The van der Waals surface area contributed by atoms with Gasteiger partial charge >= 0.3 is 5.97 Å². The highest BCUT2D eigenvalue weighted by molar-refractivity contribution is 5.84. The van der Waals surface area contributed by atoms with Gasteiger partial charge in [0.25, 0.3) is 0 Å². The average Bonchev–Trinajstić information content (AvgIpc) is 3.02. The topological polar surface area (TPSA) is 84.7 Å². The number of aromatic nitrogens is 2. The van der Waals surface area contributed by atoms with Crippen LogP contribution in [0.2, 0.25) is 0 Å². The molecule has 7 nitrogen and oxygen atoms in total. The number of methoxy groups -OCH3 is 1. The van der Waals surface area contributed by atoms with Gasteiger partial charge in [-0.15, -0.1) is 0 Å². The van der Waals surface area contributed by atoms with E-state index in [0.717, 1.165) is 5.56 Å². The Kier molecular flexibility index (Phi) is 4.39. The molecule has 2 atom stereocenters. The number of aliphatic carboxylic acids is 1. The van der Waals surface area contributed by atoms with E-state index in [9.17, 15) is 14.7 Å². The Balaban J connectivity index is 1.95. The van der Waals surface area contributed by atoms with Gasteiger partial charge in [0.1, 0.15) is 6.04 Å². The molecule has 0 aromatic carbocycles. The van der Waals surface area contributed by atoms with Gasteiger partial charge in [0.15, 0.2) is 0 Å². The van der Waals surface area contributed by atoms with Crippen molar-refractivity contribution < 1.29 is 19.4 Å². The van der Waals surface area contributed by atoms with Crippen molar-refractivity contribution >= 4 is 11.9 Å². The van der Waals surface area contributed by atoms with Crippen molar-refractivity contribution in [2.45, 2.75) is 31.4 Å². The highest BCUT2D eigenvalue weighted by Crippen LogP contribution is 2.21. The second-order valence-corrected chi connectivity index (χ2v) is 5.02. The SMILES string of the molecule is COC1CC(C(=O)O)N(C(=O)CCc2cnn(C)c2)C1. The monoisotopic (exact) mass is 281 g/mol. The average molecular weight is 281 g/mol. The van der Waals surface area contributed by atoms with E-state index in [1.165, 1.54) is 12.0 Å². The van der Waals surface area contributed by atoms with Crippen molar-refractivity contribution in [3.8, 4) is 0 Å². The van der Waals surface area contributed by atoms with Gasteiger partial charge in [0.2, 0.25) is 5.91 Å². The summed E-state index contributed by atoms with van der Waals surface area (Å²) in [5.74, 6) is -1.12. The van der Waals surface area contributed by atoms with Crippen LogP contribution in [0, 0.1) is 0 Å². The number of hydrogen-bond acceptors (Lipinski definition) is 4. The summed E-state index contributed by atoms with van der Waals surface area (Å²) in [4.78, 5) is 24.8. The van der Waals surface area contributed by atoms with Crippen LogP contribution >= 0.6 is 0 Å². The highest BCUT2D eigenvalue weighted by Gasteiger charge is 2.39. The molecule has 0 radical (unpaired) electrons. The third-order valence-electron chi connectivity index (χ3n) is 3.59. The predicted molar refractivity (Wildman–Crippen MR) is 70.1 cm³/mol. The van der Waals surface area contributed by atoms with Crippen LogP contribution < -0.4 is 0 Å². The van der Waals surface area contributed by atoms with Gasteiger partial charge in [-0.05, 0) is 12.0 Å². The summed E-state index contributed by atoms with van der Waals surface area (Å²) in [6, 6.07) is -0.777. The van der Waals surface area contributed by atoms with Crippen LogP contribution in [-0.2, 0) is 27.8 Å². The number of likely N-dealkylation sites (tertiary alicyclic amines) is 1. The first-order chi connectivity index (χ1) is 9.51. The fraction of sp³-hybridized carbons (Fsp3) is 0.615. The molecule has 0 spiro atoms. The number of carboxylic acid groups (broad SMARTS) is 1. The standard InChI is InChI=1S/C13H19N3O4/c1-15-7-9(6-14-15)3-4-12(17)16-8-10(20-2)5-11(16)13(18)19/h6-7,10-11H,3-5,8H2,1-2H3,(H,18,19). The van der Waals surface area contributed by atoms with E-state index >= 15 is 0 Å². The third-order valence-corrected chi connectivity index (χ3v) is 3.59. The molecule has 2 heterocycles. The lowest BCUT2D eigenvalue weighted by Crippen LogP contribution is -2.40. The zero-order chi connectivity index (χ0) is 14.7. The van der Waals surface area contributed by atoms with Crippen LogP contribution in [0.15, 0.2) is 12.4 Å². The minimum Gasteiger partial charge on any atom is -0.480 e. The number of carbonyl (C=O) groups is 2. The first-order valence-corrected chi connectivity index (χ1v) is 6.54. The minimum absolute atomic E-state index is 0.152. The van der Waals surface area contributed by atoms with Crippen molar-refractivity contribution in [2.75, 3.05) is 13.7 Å². The summed E-state index contributed by atoms with van der Waals surface area (Å²) >= 11 is 0. The number of carbonyl (C=O) groups excluding carboxylic acids is 1. The molecule has 110 valence electrons. The van der Waals surface area contributed by atoms with Crippen molar-refractivity contribution in [3.05, 3.63) is 18.0 Å². The van der Waals surface area contributed by atoms with Crippen molar-refractivity contribution in [3.63, 3.8) is 0 Å². The molecular weight excluding hydrogens is 262 g/mol. The molecule has 1 aromatic heterocycles. The molecule has 1 aliphatic heterocycles. The van der Waals surface area contributed by atoms with Crippen LogP contribution in [0.3, 0.4) is 0 Å². The maximum Gasteiger partial charge on any atom is 0.326 e. The molecule has 0 saturated carbocycles. The van der Waals surface area contributed by atoms with E-state index in [2.05, 4.69) is 5.10 Å². The van der Waals surface area contributed by atoms with E-state index in [4.69, 9.17) is 4.74 Å². The first kappa shape index (κ1) is 14.5. The van der Waals surface area contributed by atoms with E-state index in [-0.39, 0.29) is 18.4 Å². The number of hydrogen-bond donors (Lipinski definition) is 1. The number of ether oxygens (including phenoxy) is 1. The Labute approximate surface area is 117 Å². The van der Waals surface area contributed by atoms with Crippen LogP contribution in [0.4, 0.5) is 0 Å². The van der Waals surface area contributed by atoms with Gasteiger partial charge in [-0.3, -0.25) is 9.48 Å². The van der Waals surface area contributed by atoms with Gasteiger partial charge in [0.05, 0.1) is 12.3 Å². The van der Waals surface area contributed by atoms with Gasteiger partial charge in [-0.1, -0.05) is 0 Å². The lowest BCUT2D eigenvalue weighted by molar-refractivity contribution is -0.148. The second kappa shape index (κ2) is 6.04. The minimum atomic E-state index is -0.973. The number of carboxylic acids is 1. The molecule has 20 heavy (non-hydrogen) atoms. The molecule has 1 amide bonds. The first-order valence-electron chi connectivity index (χ1n) is 6.54. The van der Waals surface area contributed by atoms with E-state index in [1.807, 2.05) is 13.2 Å². The molecule has 2 rings (SSSR count). The number of rotatable bonds is 5. The van der Waals surface area contributed by atoms with Gasteiger partial charge in [0, 0.05) is 39.7 Å². The molecule has 1 aliphatic rings. The molecule has 1 saturated heterocycles.